The first-order valence-corrected chi connectivity index (χ1v) is 13.8. The van der Waals surface area contributed by atoms with Gasteiger partial charge in [0.2, 0.25) is 0 Å². The van der Waals surface area contributed by atoms with Crippen LogP contribution in [-0.2, 0) is 10.1 Å². The van der Waals surface area contributed by atoms with Crippen LogP contribution in [0.1, 0.15) is 30.5 Å². The normalized spacial score (nSPS) is 11.9. The Labute approximate surface area is 233 Å². The van der Waals surface area contributed by atoms with E-state index in [1.54, 1.807) is 30.4 Å². The Balaban J connectivity index is 0.00000216. The minimum absolute atomic E-state index is 0.427. The van der Waals surface area contributed by atoms with Crippen molar-refractivity contribution < 1.29 is 25.8 Å². The van der Waals surface area contributed by atoms with Crippen LogP contribution in [0.15, 0.2) is 105 Å². The Morgan fingerprint density at radius 2 is 1.43 bits per heavy atom. The number of hydrogen-bond donors (Lipinski definition) is 0. The standard InChI is InChI=1S/C31H23F3O3S.C2H6/c1-5-11-20(6-2)29-25(7-3)26(8-4)30(28-13-10-9-12-27(28)29)23-15-14-22-19-24(17-16-21(22)18-23)37-38(35,36)31(32,33)34;1-2/h5-19H,1-4H2;1-2H3/b20-11+;. The van der Waals surface area contributed by atoms with Crippen LogP contribution in [0.5, 0.6) is 5.75 Å². The maximum absolute atomic E-state index is 12.7. The van der Waals surface area contributed by atoms with Crippen LogP contribution in [0.3, 0.4) is 0 Å². The second kappa shape index (κ2) is 12.2. The Hall–Kier alpha value is -4.36. The van der Waals surface area contributed by atoms with Crippen LogP contribution in [-0.4, -0.2) is 13.9 Å². The van der Waals surface area contributed by atoms with Crippen LogP contribution in [0, 0.1) is 0 Å². The van der Waals surface area contributed by atoms with E-state index in [-0.39, 0.29) is 0 Å². The van der Waals surface area contributed by atoms with Gasteiger partial charge in [0.25, 0.3) is 0 Å². The average Bonchev–Trinajstić information content (AvgIpc) is 2.94. The highest BCUT2D eigenvalue weighted by atomic mass is 32.2. The summed E-state index contributed by atoms with van der Waals surface area (Å²) in [6.07, 6.45) is 8.87. The molecule has 0 bridgehead atoms. The van der Waals surface area contributed by atoms with Crippen molar-refractivity contribution in [3.63, 3.8) is 0 Å². The molecule has 0 amide bonds. The Bertz CT molecular complexity index is 1760. The Morgan fingerprint density at radius 1 is 0.825 bits per heavy atom. The van der Waals surface area contributed by atoms with Gasteiger partial charge < -0.3 is 4.18 Å². The van der Waals surface area contributed by atoms with Gasteiger partial charge in [-0.05, 0) is 73.1 Å². The van der Waals surface area contributed by atoms with E-state index in [4.69, 9.17) is 0 Å². The number of rotatable bonds is 8. The molecule has 3 nitrogen and oxygen atoms in total. The van der Waals surface area contributed by atoms with E-state index in [9.17, 15) is 21.6 Å². The fourth-order valence-corrected chi connectivity index (χ4v) is 4.96. The lowest BCUT2D eigenvalue weighted by Gasteiger charge is -2.20. The monoisotopic (exact) mass is 562 g/mol. The van der Waals surface area contributed by atoms with E-state index >= 15 is 0 Å². The number of allylic oxidation sites excluding steroid dienone is 4. The SMILES string of the molecule is C=C/C=C(\C=C)c1c(C=C)c(C=C)c(-c2ccc3cc(OS(=O)(=O)C(F)(F)F)ccc3c2)c2ccccc12.CC. The summed E-state index contributed by atoms with van der Waals surface area (Å²) in [5.74, 6) is -0.427. The Kier molecular flexibility index (Phi) is 9.22. The van der Waals surface area contributed by atoms with Crippen molar-refractivity contribution in [1.82, 2.24) is 0 Å². The quantitative estimate of drug-likeness (QED) is 0.122. The fraction of sp³-hybridized carbons (Fsp3) is 0.0909. The summed E-state index contributed by atoms with van der Waals surface area (Å²) in [5.41, 5.74) is -0.252. The molecule has 0 fully saturated rings. The minimum Gasteiger partial charge on any atom is -0.376 e. The van der Waals surface area contributed by atoms with Gasteiger partial charge >= 0.3 is 15.6 Å². The number of hydrogen-bond acceptors (Lipinski definition) is 3. The van der Waals surface area contributed by atoms with Crippen molar-refractivity contribution in [2.45, 2.75) is 19.4 Å². The largest absolute Gasteiger partial charge is 0.534 e. The highest BCUT2D eigenvalue weighted by Gasteiger charge is 2.48. The number of alkyl halides is 3. The van der Waals surface area contributed by atoms with Crippen molar-refractivity contribution >= 4 is 49.4 Å². The van der Waals surface area contributed by atoms with Gasteiger partial charge in [-0.1, -0.05) is 113 Å². The van der Waals surface area contributed by atoms with Gasteiger partial charge in [0, 0.05) is 0 Å². The smallest absolute Gasteiger partial charge is 0.376 e. The van der Waals surface area contributed by atoms with Crippen molar-refractivity contribution in [2.75, 3.05) is 0 Å². The lowest BCUT2D eigenvalue weighted by molar-refractivity contribution is -0.0500. The molecule has 4 aromatic carbocycles. The summed E-state index contributed by atoms with van der Waals surface area (Å²) >= 11 is 0. The highest BCUT2D eigenvalue weighted by Crippen LogP contribution is 2.42. The first-order valence-electron chi connectivity index (χ1n) is 12.4. The molecule has 0 N–H and O–H groups in total. The van der Waals surface area contributed by atoms with Crippen LogP contribution in [0.4, 0.5) is 13.2 Å². The highest BCUT2D eigenvalue weighted by molar-refractivity contribution is 7.88. The summed E-state index contributed by atoms with van der Waals surface area (Å²) in [4.78, 5) is 0. The zero-order chi connectivity index (χ0) is 29.7. The van der Waals surface area contributed by atoms with E-state index < -0.39 is 21.4 Å². The predicted octanol–water partition coefficient (Wildman–Crippen LogP) is 9.96. The van der Waals surface area contributed by atoms with Gasteiger partial charge in [0.05, 0.1) is 0 Å². The summed E-state index contributed by atoms with van der Waals surface area (Å²) < 4.78 is 65.3. The van der Waals surface area contributed by atoms with E-state index in [2.05, 4.69) is 30.5 Å². The zero-order valence-corrected chi connectivity index (χ0v) is 23.1. The van der Waals surface area contributed by atoms with Crippen LogP contribution in [0.2, 0.25) is 0 Å². The number of benzene rings is 4. The van der Waals surface area contributed by atoms with Crippen molar-refractivity contribution in [3.8, 4) is 16.9 Å². The lowest BCUT2D eigenvalue weighted by atomic mass is 9.83. The minimum atomic E-state index is -5.77. The van der Waals surface area contributed by atoms with E-state index in [0.29, 0.717) is 10.8 Å². The second-order valence-electron chi connectivity index (χ2n) is 8.30. The predicted molar refractivity (Wildman–Crippen MR) is 162 cm³/mol. The maximum Gasteiger partial charge on any atom is 0.534 e. The molecule has 206 valence electrons. The summed E-state index contributed by atoms with van der Waals surface area (Å²) in [6, 6.07) is 17.3. The molecule has 0 aromatic heterocycles. The van der Waals surface area contributed by atoms with Gasteiger partial charge in [-0.25, -0.2) is 0 Å². The number of halogens is 3. The van der Waals surface area contributed by atoms with Gasteiger partial charge in [-0.15, -0.1) is 0 Å². The molecule has 0 saturated heterocycles. The van der Waals surface area contributed by atoms with Gasteiger partial charge in [-0.2, -0.15) is 21.6 Å². The molecule has 0 aliphatic carbocycles. The molecule has 0 saturated carbocycles. The molecule has 0 spiro atoms. The third-order valence-electron chi connectivity index (χ3n) is 6.10. The van der Waals surface area contributed by atoms with E-state index in [1.165, 1.54) is 18.2 Å². The molecule has 7 heteroatoms. The molecule has 0 heterocycles. The molecule has 0 aliphatic rings. The van der Waals surface area contributed by atoms with Crippen molar-refractivity contribution in [3.05, 3.63) is 122 Å². The number of fused-ring (bicyclic) bond motifs is 2. The first kappa shape index (κ1) is 30.2. The van der Waals surface area contributed by atoms with Crippen molar-refractivity contribution in [2.24, 2.45) is 0 Å². The van der Waals surface area contributed by atoms with E-state index in [0.717, 1.165) is 44.2 Å². The average molecular weight is 563 g/mol. The van der Waals surface area contributed by atoms with Crippen LogP contribution < -0.4 is 4.18 Å². The van der Waals surface area contributed by atoms with Crippen LogP contribution >= 0.6 is 0 Å². The van der Waals surface area contributed by atoms with Crippen LogP contribution in [0.25, 0.3) is 50.4 Å². The molecule has 0 radical (unpaired) electrons. The third-order valence-corrected chi connectivity index (χ3v) is 7.08. The fourth-order valence-electron chi connectivity index (χ4n) is 4.51. The third kappa shape index (κ3) is 5.65. The van der Waals surface area contributed by atoms with Gasteiger partial charge in [-0.3, -0.25) is 0 Å². The molecule has 0 atom stereocenters. The second-order valence-corrected chi connectivity index (χ2v) is 9.84. The molecule has 0 aliphatic heterocycles. The van der Waals surface area contributed by atoms with Crippen molar-refractivity contribution in [1.29, 1.82) is 0 Å². The summed E-state index contributed by atoms with van der Waals surface area (Å²) in [5, 5.41) is 3.12. The topological polar surface area (TPSA) is 43.4 Å². The maximum atomic E-state index is 12.7. The molecule has 0 unspecified atom stereocenters. The van der Waals surface area contributed by atoms with E-state index in [1.807, 2.05) is 56.3 Å². The van der Waals surface area contributed by atoms with Gasteiger partial charge in [0.1, 0.15) is 5.75 Å². The Morgan fingerprint density at radius 3 is 2.00 bits per heavy atom. The molecule has 4 rings (SSSR count). The molecular formula is C33H29F3O3S. The summed E-state index contributed by atoms with van der Waals surface area (Å²) in [7, 11) is -5.77. The van der Waals surface area contributed by atoms with Gasteiger partial charge in [0.15, 0.2) is 0 Å². The first-order chi connectivity index (χ1) is 19.1. The molecule has 40 heavy (non-hydrogen) atoms. The molecular weight excluding hydrogens is 533 g/mol. The lowest BCUT2D eigenvalue weighted by Crippen LogP contribution is -2.28. The molecule has 4 aromatic rings. The zero-order valence-electron chi connectivity index (χ0n) is 22.3. The summed E-state index contributed by atoms with van der Waals surface area (Å²) in [6.45, 7) is 19.9.